The number of carbonyl (C=O) groups is 1. The van der Waals surface area contributed by atoms with Crippen LogP contribution >= 0.6 is 11.6 Å². The lowest BCUT2D eigenvalue weighted by Gasteiger charge is -2.14. The molecule has 1 atom stereocenters. The molecule has 0 fully saturated rings. The third kappa shape index (κ3) is 4.23. The number of nitrogens with zero attached hydrogens (tertiary/aromatic N) is 1. The minimum Gasteiger partial charge on any atom is -0.481 e. The summed E-state index contributed by atoms with van der Waals surface area (Å²) < 4.78 is 5.52. The Balaban J connectivity index is 1.95. The molecule has 106 valence electrons. The van der Waals surface area contributed by atoms with E-state index in [2.05, 4.69) is 5.32 Å². The van der Waals surface area contributed by atoms with Crippen molar-refractivity contribution in [2.45, 2.75) is 13.0 Å². The fourth-order valence-corrected chi connectivity index (χ4v) is 1.77. The number of halogens is 1. The molecule has 21 heavy (non-hydrogen) atoms. The maximum Gasteiger partial charge on any atom is 0.265 e. The van der Waals surface area contributed by atoms with Gasteiger partial charge in [-0.3, -0.25) is 4.79 Å². The number of ether oxygens (including phenoxy) is 1. The van der Waals surface area contributed by atoms with Crippen molar-refractivity contribution in [2.75, 3.05) is 5.32 Å². The number of nitriles is 1. The molecule has 0 aliphatic heterocycles. The molecular formula is C16H13ClN2O2. The molecule has 1 amide bonds. The molecule has 0 unspecified atom stereocenters. The van der Waals surface area contributed by atoms with Gasteiger partial charge in [0.1, 0.15) is 5.75 Å². The number of benzene rings is 2. The first kappa shape index (κ1) is 14.9. The van der Waals surface area contributed by atoms with Gasteiger partial charge < -0.3 is 10.1 Å². The second-order valence-corrected chi connectivity index (χ2v) is 4.83. The zero-order chi connectivity index (χ0) is 15.2. The molecule has 2 aromatic rings. The van der Waals surface area contributed by atoms with E-state index in [-0.39, 0.29) is 5.91 Å². The lowest BCUT2D eigenvalue weighted by molar-refractivity contribution is -0.122. The Bertz CT molecular complexity index is 660. The van der Waals surface area contributed by atoms with E-state index in [0.29, 0.717) is 22.0 Å². The van der Waals surface area contributed by atoms with Crippen molar-refractivity contribution in [2.24, 2.45) is 0 Å². The van der Waals surface area contributed by atoms with Crippen molar-refractivity contribution >= 4 is 23.2 Å². The molecule has 2 rings (SSSR count). The molecule has 1 N–H and O–H groups in total. The summed E-state index contributed by atoms with van der Waals surface area (Å²) in [5.74, 6) is 0.273. The third-order valence-electron chi connectivity index (χ3n) is 2.78. The Kier molecular flexibility index (Phi) is 4.81. The molecule has 4 nitrogen and oxygen atoms in total. The average Bonchev–Trinajstić information content (AvgIpc) is 2.50. The fraction of sp³-hybridized carbons (Fsp3) is 0.125. The molecule has 2 aromatic carbocycles. The monoisotopic (exact) mass is 300 g/mol. The van der Waals surface area contributed by atoms with Gasteiger partial charge in [-0.05, 0) is 55.5 Å². The van der Waals surface area contributed by atoms with Crippen LogP contribution in [0, 0.1) is 11.3 Å². The van der Waals surface area contributed by atoms with Crippen molar-refractivity contribution in [3.8, 4) is 11.8 Å². The van der Waals surface area contributed by atoms with E-state index in [4.69, 9.17) is 21.6 Å². The van der Waals surface area contributed by atoms with Gasteiger partial charge in [0.05, 0.1) is 11.6 Å². The minimum atomic E-state index is -0.659. The predicted octanol–water partition coefficient (Wildman–Crippen LogP) is 3.62. The molecule has 0 saturated carbocycles. The second-order valence-electron chi connectivity index (χ2n) is 4.39. The quantitative estimate of drug-likeness (QED) is 0.938. The second kappa shape index (κ2) is 6.78. The van der Waals surface area contributed by atoms with Crippen LogP contribution in [0.4, 0.5) is 5.69 Å². The summed E-state index contributed by atoms with van der Waals surface area (Å²) in [5.41, 5.74) is 1.19. The topological polar surface area (TPSA) is 62.1 Å². The highest BCUT2D eigenvalue weighted by Crippen LogP contribution is 2.16. The van der Waals surface area contributed by atoms with Crippen molar-refractivity contribution in [3.05, 3.63) is 59.1 Å². The summed E-state index contributed by atoms with van der Waals surface area (Å²) in [6, 6.07) is 15.4. The zero-order valence-corrected chi connectivity index (χ0v) is 12.1. The summed E-state index contributed by atoms with van der Waals surface area (Å²) in [6.45, 7) is 1.66. The number of anilines is 1. The first-order chi connectivity index (χ1) is 10.1. The van der Waals surface area contributed by atoms with Crippen molar-refractivity contribution in [3.63, 3.8) is 0 Å². The Morgan fingerprint density at radius 1 is 1.19 bits per heavy atom. The number of hydrogen-bond acceptors (Lipinski definition) is 3. The number of hydrogen-bond donors (Lipinski definition) is 1. The summed E-state index contributed by atoms with van der Waals surface area (Å²) >= 11 is 5.78. The molecule has 0 aliphatic carbocycles. The highest BCUT2D eigenvalue weighted by Gasteiger charge is 2.14. The highest BCUT2D eigenvalue weighted by molar-refractivity contribution is 6.30. The minimum absolute atomic E-state index is 0.262. The van der Waals surface area contributed by atoms with Gasteiger partial charge in [-0.1, -0.05) is 11.6 Å². The van der Waals surface area contributed by atoms with E-state index in [0.717, 1.165) is 0 Å². The van der Waals surface area contributed by atoms with E-state index in [9.17, 15) is 4.79 Å². The molecular weight excluding hydrogens is 288 g/mol. The van der Waals surface area contributed by atoms with Crippen LogP contribution in [0.2, 0.25) is 5.02 Å². The highest BCUT2D eigenvalue weighted by atomic mass is 35.5. The van der Waals surface area contributed by atoms with Gasteiger partial charge in [0.2, 0.25) is 0 Å². The lowest BCUT2D eigenvalue weighted by Crippen LogP contribution is -2.30. The molecule has 0 spiro atoms. The van der Waals surface area contributed by atoms with Crippen molar-refractivity contribution in [1.29, 1.82) is 5.26 Å². The van der Waals surface area contributed by atoms with Gasteiger partial charge in [0.15, 0.2) is 6.10 Å². The summed E-state index contributed by atoms with van der Waals surface area (Å²) in [4.78, 5) is 12.0. The number of rotatable bonds is 4. The predicted molar refractivity (Wildman–Crippen MR) is 81.3 cm³/mol. The lowest BCUT2D eigenvalue weighted by atomic mass is 10.2. The molecule has 5 heteroatoms. The largest absolute Gasteiger partial charge is 0.481 e. The number of nitrogens with one attached hydrogen (secondary N) is 1. The van der Waals surface area contributed by atoms with Crippen LogP contribution in [0.3, 0.4) is 0 Å². The van der Waals surface area contributed by atoms with Crippen LogP contribution in [0.5, 0.6) is 5.75 Å². The van der Waals surface area contributed by atoms with E-state index >= 15 is 0 Å². The van der Waals surface area contributed by atoms with Crippen LogP contribution in [0.1, 0.15) is 12.5 Å². The summed E-state index contributed by atoms with van der Waals surface area (Å²) in [6.07, 6.45) is -0.659. The maximum atomic E-state index is 12.0. The van der Waals surface area contributed by atoms with E-state index < -0.39 is 6.10 Å². The van der Waals surface area contributed by atoms with Gasteiger partial charge >= 0.3 is 0 Å². The SMILES string of the molecule is C[C@@H](Oc1ccc(C#N)cc1)C(=O)Nc1ccc(Cl)cc1. The maximum absolute atomic E-state index is 12.0. The molecule has 0 aromatic heterocycles. The van der Waals surface area contributed by atoms with Crippen LogP contribution in [0.15, 0.2) is 48.5 Å². The van der Waals surface area contributed by atoms with Gasteiger partial charge in [0, 0.05) is 10.7 Å². The summed E-state index contributed by atoms with van der Waals surface area (Å²) in [7, 11) is 0. The van der Waals surface area contributed by atoms with Crippen LogP contribution < -0.4 is 10.1 Å². The first-order valence-electron chi connectivity index (χ1n) is 6.32. The van der Waals surface area contributed by atoms with Gasteiger partial charge in [-0.2, -0.15) is 5.26 Å². The number of amides is 1. The Morgan fingerprint density at radius 2 is 1.81 bits per heavy atom. The van der Waals surface area contributed by atoms with Crippen molar-refractivity contribution < 1.29 is 9.53 Å². The van der Waals surface area contributed by atoms with Crippen LogP contribution in [-0.2, 0) is 4.79 Å². The zero-order valence-electron chi connectivity index (χ0n) is 11.3. The first-order valence-corrected chi connectivity index (χ1v) is 6.69. The van der Waals surface area contributed by atoms with Crippen LogP contribution in [0.25, 0.3) is 0 Å². The molecule has 0 heterocycles. The molecule has 0 saturated heterocycles. The Labute approximate surface area is 127 Å². The number of carbonyl (C=O) groups excluding carboxylic acids is 1. The fourth-order valence-electron chi connectivity index (χ4n) is 1.64. The Morgan fingerprint density at radius 3 is 2.38 bits per heavy atom. The van der Waals surface area contributed by atoms with E-state index in [1.807, 2.05) is 6.07 Å². The van der Waals surface area contributed by atoms with Gasteiger partial charge in [-0.15, -0.1) is 0 Å². The molecule has 0 radical (unpaired) electrons. The standard InChI is InChI=1S/C16H13ClN2O2/c1-11(21-15-8-2-12(10-18)3-9-15)16(20)19-14-6-4-13(17)5-7-14/h2-9,11H,1H3,(H,19,20)/t11-/m1/s1. The smallest absolute Gasteiger partial charge is 0.265 e. The van der Waals surface area contributed by atoms with Gasteiger partial charge in [-0.25, -0.2) is 0 Å². The molecule has 0 aliphatic rings. The van der Waals surface area contributed by atoms with Crippen molar-refractivity contribution in [1.82, 2.24) is 0 Å². The van der Waals surface area contributed by atoms with E-state index in [1.54, 1.807) is 55.5 Å². The summed E-state index contributed by atoms with van der Waals surface area (Å²) in [5, 5.41) is 12.1. The third-order valence-corrected chi connectivity index (χ3v) is 3.03. The Hall–Kier alpha value is -2.51. The van der Waals surface area contributed by atoms with Crippen LogP contribution in [-0.4, -0.2) is 12.0 Å². The normalized spacial score (nSPS) is 11.3. The molecule has 0 bridgehead atoms. The average molecular weight is 301 g/mol. The van der Waals surface area contributed by atoms with Gasteiger partial charge in [0.25, 0.3) is 5.91 Å². The van der Waals surface area contributed by atoms with E-state index in [1.165, 1.54) is 0 Å².